The van der Waals surface area contributed by atoms with Crippen LogP contribution in [-0.2, 0) is 4.79 Å². The van der Waals surface area contributed by atoms with Gasteiger partial charge in [-0.25, -0.2) is 0 Å². The molecule has 0 aliphatic carbocycles. The van der Waals surface area contributed by atoms with Crippen molar-refractivity contribution in [2.45, 2.75) is 13.8 Å². The van der Waals surface area contributed by atoms with Crippen LogP contribution in [0.15, 0.2) is 78.5 Å². The van der Waals surface area contributed by atoms with E-state index in [2.05, 4.69) is 10.6 Å². The van der Waals surface area contributed by atoms with Gasteiger partial charge in [0.05, 0.1) is 0 Å². The highest BCUT2D eigenvalue weighted by molar-refractivity contribution is 6.32. The summed E-state index contributed by atoms with van der Waals surface area (Å²) in [6.45, 7) is 3.88. The van der Waals surface area contributed by atoms with Gasteiger partial charge in [0, 0.05) is 16.3 Å². The summed E-state index contributed by atoms with van der Waals surface area (Å²) in [6, 6.07) is 21.7. The number of rotatable bonds is 5. The molecule has 0 unspecified atom stereocenters. The van der Waals surface area contributed by atoms with Crippen LogP contribution in [0.25, 0.3) is 6.08 Å². The number of aryl methyl sites for hydroxylation is 2. The Bertz CT molecular complexity index is 1070. The number of benzene rings is 3. The lowest BCUT2D eigenvalue weighted by molar-refractivity contribution is -0.113. The van der Waals surface area contributed by atoms with Crippen LogP contribution < -0.4 is 10.6 Å². The van der Waals surface area contributed by atoms with Gasteiger partial charge in [-0.15, -0.1) is 0 Å². The molecular weight excluding hydrogens is 384 g/mol. The van der Waals surface area contributed by atoms with Crippen LogP contribution >= 0.6 is 11.6 Å². The molecule has 0 aliphatic rings. The Hall–Kier alpha value is -3.37. The zero-order valence-corrected chi connectivity index (χ0v) is 17.0. The molecule has 2 amide bonds. The maximum Gasteiger partial charge on any atom is 0.272 e. The summed E-state index contributed by atoms with van der Waals surface area (Å²) >= 11 is 6.24. The minimum Gasteiger partial charge on any atom is -0.321 e. The van der Waals surface area contributed by atoms with Gasteiger partial charge >= 0.3 is 0 Å². The van der Waals surface area contributed by atoms with Crippen molar-refractivity contribution in [2.75, 3.05) is 5.32 Å². The molecule has 5 heteroatoms. The third-order valence-corrected chi connectivity index (χ3v) is 4.63. The summed E-state index contributed by atoms with van der Waals surface area (Å²) < 4.78 is 0. The van der Waals surface area contributed by atoms with E-state index in [1.54, 1.807) is 42.5 Å². The Balaban J connectivity index is 1.90. The Morgan fingerprint density at radius 2 is 1.59 bits per heavy atom. The van der Waals surface area contributed by atoms with Crippen molar-refractivity contribution in [2.24, 2.45) is 0 Å². The van der Waals surface area contributed by atoms with Crippen LogP contribution in [0.1, 0.15) is 27.0 Å². The number of nitrogens with one attached hydrogen (secondary N) is 2. The van der Waals surface area contributed by atoms with Gasteiger partial charge in [0.1, 0.15) is 5.70 Å². The average Bonchev–Trinajstić information content (AvgIpc) is 2.69. The molecule has 29 heavy (non-hydrogen) atoms. The van der Waals surface area contributed by atoms with Crippen molar-refractivity contribution in [3.8, 4) is 0 Å². The molecule has 2 N–H and O–H groups in total. The molecule has 0 radical (unpaired) electrons. The fraction of sp³-hybridized carbons (Fsp3) is 0.0833. The molecule has 0 spiro atoms. The number of carbonyl (C=O) groups excluding carboxylic acids is 2. The zero-order chi connectivity index (χ0) is 20.8. The molecule has 146 valence electrons. The smallest absolute Gasteiger partial charge is 0.272 e. The first-order valence-corrected chi connectivity index (χ1v) is 9.52. The lowest BCUT2D eigenvalue weighted by atomic mass is 10.1. The highest BCUT2D eigenvalue weighted by Crippen LogP contribution is 2.19. The van der Waals surface area contributed by atoms with Gasteiger partial charge in [0.15, 0.2) is 0 Å². The lowest BCUT2D eigenvalue weighted by Gasteiger charge is -2.12. The van der Waals surface area contributed by atoms with Crippen molar-refractivity contribution in [3.63, 3.8) is 0 Å². The fourth-order valence-electron chi connectivity index (χ4n) is 2.73. The molecule has 0 aliphatic heterocycles. The summed E-state index contributed by atoms with van der Waals surface area (Å²) in [5.74, 6) is -0.807. The topological polar surface area (TPSA) is 58.2 Å². The van der Waals surface area contributed by atoms with Crippen LogP contribution in [0.5, 0.6) is 0 Å². The second-order valence-corrected chi connectivity index (χ2v) is 7.13. The van der Waals surface area contributed by atoms with Crippen LogP contribution in [-0.4, -0.2) is 11.8 Å². The van der Waals surface area contributed by atoms with E-state index in [9.17, 15) is 9.59 Å². The molecule has 0 saturated heterocycles. The number of anilines is 1. The molecule has 3 rings (SSSR count). The zero-order valence-electron chi connectivity index (χ0n) is 16.2. The highest BCUT2D eigenvalue weighted by atomic mass is 35.5. The highest BCUT2D eigenvalue weighted by Gasteiger charge is 2.15. The van der Waals surface area contributed by atoms with E-state index >= 15 is 0 Å². The monoisotopic (exact) mass is 404 g/mol. The van der Waals surface area contributed by atoms with Gasteiger partial charge < -0.3 is 10.6 Å². The Morgan fingerprint density at radius 3 is 2.28 bits per heavy atom. The summed E-state index contributed by atoms with van der Waals surface area (Å²) in [6.07, 6.45) is 1.57. The van der Waals surface area contributed by atoms with Gasteiger partial charge in [0.2, 0.25) is 0 Å². The number of hydrogen-bond donors (Lipinski definition) is 2. The summed E-state index contributed by atoms with van der Waals surface area (Å²) in [5.41, 5.74) is 3.90. The standard InChI is InChI=1S/C24H21ClN2O2/c1-16-10-12-18(13-11-16)23(28)27-22(15-19-7-3-4-9-21(19)25)24(29)26-20-8-5-6-17(2)14-20/h3-15H,1-2H3,(H,26,29)(H,27,28)/b22-15-. The first-order chi connectivity index (χ1) is 13.9. The first kappa shape index (κ1) is 20.4. The van der Waals surface area contributed by atoms with Crippen molar-refractivity contribution in [3.05, 3.63) is 106 Å². The van der Waals surface area contributed by atoms with Crippen molar-refractivity contribution in [1.29, 1.82) is 0 Å². The normalized spacial score (nSPS) is 11.1. The molecule has 0 bridgehead atoms. The third-order valence-electron chi connectivity index (χ3n) is 4.29. The molecule has 0 fully saturated rings. The van der Waals surface area contributed by atoms with Crippen LogP contribution in [0, 0.1) is 13.8 Å². The van der Waals surface area contributed by atoms with Gasteiger partial charge in [-0.3, -0.25) is 9.59 Å². The van der Waals surface area contributed by atoms with E-state index in [0.29, 0.717) is 21.8 Å². The van der Waals surface area contributed by atoms with Gasteiger partial charge in [-0.2, -0.15) is 0 Å². The van der Waals surface area contributed by atoms with E-state index in [-0.39, 0.29) is 11.6 Å². The van der Waals surface area contributed by atoms with Gasteiger partial charge in [-0.05, 0) is 61.4 Å². The number of amides is 2. The first-order valence-electron chi connectivity index (χ1n) is 9.14. The van der Waals surface area contributed by atoms with E-state index in [0.717, 1.165) is 11.1 Å². The molecule has 3 aromatic rings. The molecular formula is C24H21ClN2O2. The summed E-state index contributed by atoms with van der Waals surface area (Å²) in [7, 11) is 0. The molecule has 0 saturated carbocycles. The summed E-state index contributed by atoms with van der Waals surface area (Å²) in [4.78, 5) is 25.6. The van der Waals surface area contributed by atoms with Gasteiger partial charge in [-0.1, -0.05) is 59.6 Å². The minimum absolute atomic E-state index is 0.102. The predicted molar refractivity (Wildman–Crippen MR) is 118 cm³/mol. The molecule has 0 aromatic heterocycles. The fourth-order valence-corrected chi connectivity index (χ4v) is 2.92. The quantitative estimate of drug-likeness (QED) is 0.562. The molecule has 0 atom stereocenters. The Labute approximate surface area is 175 Å². The largest absolute Gasteiger partial charge is 0.321 e. The number of halogens is 1. The maximum absolute atomic E-state index is 12.9. The van der Waals surface area contributed by atoms with Crippen molar-refractivity contribution in [1.82, 2.24) is 5.32 Å². The lowest BCUT2D eigenvalue weighted by Crippen LogP contribution is -2.30. The summed E-state index contributed by atoms with van der Waals surface area (Å²) in [5, 5.41) is 6.02. The number of carbonyl (C=O) groups is 2. The molecule has 4 nitrogen and oxygen atoms in total. The second-order valence-electron chi connectivity index (χ2n) is 6.72. The van der Waals surface area contributed by atoms with Crippen molar-refractivity contribution < 1.29 is 9.59 Å². The van der Waals surface area contributed by atoms with E-state index < -0.39 is 5.91 Å². The van der Waals surface area contributed by atoms with E-state index in [1.807, 2.05) is 50.2 Å². The second kappa shape index (κ2) is 9.22. The molecule has 3 aromatic carbocycles. The average molecular weight is 405 g/mol. The van der Waals surface area contributed by atoms with E-state index in [1.165, 1.54) is 0 Å². The van der Waals surface area contributed by atoms with Crippen molar-refractivity contribution >= 4 is 35.2 Å². The van der Waals surface area contributed by atoms with Crippen LogP contribution in [0.4, 0.5) is 5.69 Å². The third kappa shape index (κ3) is 5.56. The van der Waals surface area contributed by atoms with Crippen LogP contribution in [0.3, 0.4) is 0 Å². The van der Waals surface area contributed by atoms with Crippen LogP contribution in [0.2, 0.25) is 5.02 Å². The predicted octanol–water partition coefficient (Wildman–Crippen LogP) is 5.37. The maximum atomic E-state index is 12.9. The minimum atomic E-state index is -0.434. The number of hydrogen-bond acceptors (Lipinski definition) is 2. The molecule has 0 heterocycles. The Morgan fingerprint density at radius 1 is 0.862 bits per heavy atom. The van der Waals surface area contributed by atoms with E-state index in [4.69, 9.17) is 11.6 Å². The SMILES string of the molecule is Cc1ccc(C(=O)N/C(=C\c2ccccc2Cl)C(=O)Nc2cccc(C)c2)cc1. The van der Waals surface area contributed by atoms with Gasteiger partial charge in [0.25, 0.3) is 11.8 Å². The Kier molecular flexibility index (Phi) is 6.47.